The van der Waals surface area contributed by atoms with Gasteiger partial charge in [-0.05, 0) is 33.1 Å². The van der Waals surface area contributed by atoms with Crippen molar-refractivity contribution in [1.29, 1.82) is 0 Å². The maximum absolute atomic E-state index is 14.3. The molecule has 0 bridgehead atoms. The summed E-state index contributed by atoms with van der Waals surface area (Å²) < 4.78 is 12.3. The molecule has 1 spiro atoms. The van der Waals surface area contributed by atoms with Gasteiger partial charge in [0.2, 0.25) is 17.7 Å². The summed E-state index contributed by atoms with van der Waals surface area (Å²) in [4.78, 5) is 57.4. The zero-order valence-electron chi connectivity index (χ0n) is 22.2. The van der Waals surface area contributed by atoms with Gasteiger partial charge >= 0.3 is 5.97 Å². The fourth-order valence-electron chi connectivity index (χ4n) is 6.90. The van der Waals surface area contributed by atoms with Gasteiger partial charge in [0.05, 0.1) is 31.2 Å². The number of rotatable bonds is 3. The molecule has 0 aromatic carbocycles. The van der Waals surface area contributed by atoms with Crippen LogP contribution in [0, 0.1) is 11.8 Å². The topological polar surface area (TPSA) is 125 Å². The molecule has 4 aliphatic heterocycles. The number of allylic oxidation sites excluding steroid dienone is 1. The summed E-state index contributed by atoms with van der Waals surface area (Å²) >= 11 is 0. The van der Waals surface area contributed by atoms with Crippen LogP contribution in [0.5, 0.6) is 0 Å². The van der Waals surface area contributed by atoms with Crippen LogP contribution in [-0.4, -0.2) is 94.2 Å². The number of esters is 1. The highest BCUT2D eigenvalue weighted by atomic mass is 16.6. The number of aliphatic hydroxyl groups is 1. The lowest BCUT2D eigenvalue weighted by molar-refractivity contribution is -0.159. The van der Waals surface area contributed by atoms with Crippen molar-refractivity contribution in [2.45, 2.75) is 94.7 Å². The number of nitrogens with zero attached hydrogens (tertiary/aromatic N) is 2. The Morgan fingerprint density at radius 3 is 2.63 bits per heavy atom. The molecule has 0 unspecified atom stereocenters. The number of aliphatic hydroxyl groups excluding tert-OH is 1. The molecule has 0 aromatic heterocycles. The van der Waals surface area contributed by atoms with E-state index in [1.807, 2.05) is 17.1 Å². The third-order valence-electron chi connectivity index (χ3n) is 8.76. The molecule has 0 radical (unpaired) electrons. The molecule has 2 saturated heterocycles. The van der Waals surface area contributed by atoms with E-state index in [2.05, 4.69) is 5.32 Å². The molecule has 5 aliphatic rings. The standard InChI is InChI=1S/C28H39N3O7/c1-17(16-32)31-24-26(35)30(19-9-4-3-5-10-19)14-8-13-28(24)23(25(31)34)22-20(38-28)11-6-7-12-21(33)29-15-18(2)37-27(22)36/h6,8,11,13,17-20,22-24,32H,3-5,7,9-10,12,14-16H2,1-2H3,(H,29,33)/b11-6-/t17-,18-,20-,22+,23+,24-,28+/m1/s1. The van der Waals surface area contributed by atoms with E-state index >= 15 is 0 Å². The molecule has 1 saturated carbocycles. The highest BCUT2D eigenvalue weighted by Gasteiger charge is 2.72. The fourth-order valence-corrected chi connectivity index (χ4v) is 6.90. The lowest BCUT2D eigenvalue weighted by Crippen LogP contribution is -2.59. The maximum Gasteiger partial charge on any atom is 0.313 e. The number of ether oxygens (including phenoxy) is 2. The van der Waals surface area contributed by atoms with E-state index in [0.29, 0.717) is 13.0 Å². The van der Waals surface area contributed by atoms with E-state index in [1.54, 1.807) is 26.0 Å². The number of likely N-dealkylation sites (tertiary alicyclic amines) is 1. The van der Waals surface area contributed by atoms with Crippen LogP contribution in [0.1, 0.15) is 58.8 Å². The van der Waals surface area contributed by atoms with Crippen LogP contribution >= 0.6 is 0 Å². The lowest BCUT2D eigenvalue weighted by atomic mass is 9.77. The molecule has 2 N–H and O–H groups in total. The first-order valence-electron chi connectivity index (χ1n) is 14.0. The van der Waals surface area contributed by atoms with Gasteiger partial charge in [-0.2, -0.15) is 0 Å². The number of nitrogens with one attached hydrogen (secondary N) is 1. The predicted molar refractivity (Wildman–Crippen MR) is 136 cm³/mol. The maximum atomic E-state index is 14.3. The van der Waals surface area contributed by atoms with Gasteiger partial charge < -0.3 is 29.7 Å². The van der Waals surface area contributed by atoms with Crippen molar-refractivity contribution in [2.24, 2.45) is 11.8 Å². The molecular formula is C28H39N3O7. The number of hydrogen-bond acceptors (Lipinski definition) is 7. The molecule has 3 amide bonds. The first-order chi connectivity index (χ1) is 18.3. The van der Waals surface area contributed by atoms with Crippen LogP contribution in [0.25, 0.3) is 0 Å². The number of amides is 3. The van der Waals surface area contributed by atoms with Gasteiger partial charge in [-0.25, -0.2) is 0 Å². The van der Waals surface area contributed by atoms with Crippen molar-refractivity contribution in [1.82, 2.24) is 15.1 Å². The molecule has 10 heteroatoms. The number of hydrogen-bond donors (Lipinski definition) is 2. The van der Waals surface area contributed by atoms with Crippen molar-refractivity contribution in [3.8, 4) is 0 Å². The summed E-state index contributed by atoms with van der Waals surface area (Å²) in [5.41, 5.74) is -1.36. The minimum Gasteiger partial charge on any atom is -0.460 e. The summed E-state index contributed by atoms with van der Waals surface area (Å²) in [5, 5.41) is 12.8. The second-order valence-electron chi connectivity index (χ2n) is 11.3. The smallest absolute Gasteiger partial charge is 0.313 e. The first kappa shape index (κ1) is 26.9. The average molecular weight is 530 g/mol. The van der Waals surface area contributed by atoms with E-state index in [9.17, 15) is 24.3 Å². The molecule has 1 aliphatic carbocycles. The van der Waals surface area contributed by atoms with Crippen LogP contribution in [0.2, 0.25) is 0 Å². The van der Waals surface area contributed by atoms with E-state index in [-0.39, 0.29) is 43.3 Å². The molecule has 208 valence electrons. The quantitative estimate of drug-likeness (QED) is 0.414. The van der Waals surface area contributed by atoms with Crippen LogP contribution in [0.3, 0.4) is 0 Å². The Morgan fingerprint density at radius 2 is 1.89 bits per heavy atom. The van der Waals surface area contributed by atoms with Crippen molar-refractivity contribution >= 4 is 23.7 Å². The number of carbonyl (C=O) groups excluding carboxylic acids is 4. The molecule has 3 fully saturated rings. The average Bonchev–Trinajstić information content (AvgIpc) is 3.30. The van der Waals surface area contributed by atoms with Gasteiger partial charge in [0.15, 0.2) is 0 Å². The van der Waals surface area contributed by atoms with Gasteiger partial charge in [-0.15, -0.1) is 0 Å². The molecule has 4 heterocycles. The summed E-state index contributed by atoms with van der Waals surface area (Å²) in [6.07, 6.45) is 11.7. The number of cyclic esters (lactones) is 1. The van der Waals surface area contributed by atoms with Crippen molar-refractivity contribution in [2.75, 3.05) is 19.7 Å². The SMILES string of the molecule is C[C@@H]1CNC(=O)CC/C=C\[C@H]2O[C@]34C=CCN(C5CCCCC5)C(=O)[C@H]3N([C@H](C)CO)C(=O)[C@@H]4[C@H]2C(=O)O1. The van der Waals surface area contributed by atoms with Crippen LogP contribution in [0.4, 0.5) is 0 Å². The first-order valence-corrected chi connectivity index (χ1v) is 14.0. The Kier molecular flexibility index (Phi) is 7.64. The summed E-state index contributed by atoms with van der Waals surface area (Å²) in [6, 6.07) is -1.54. The monoisotopic (exact) mass is 529 g/mol. The Balaban J connectivity index is 1.57. The van der Waals surface area contributed by atoms with E-state index in [0.717, 1.165) is 32.1 Å². The third kappa shape index (κ3) is 4.55. The zero-order chi connectivity index (χ0) is 27.0. The Hall–Kier alpha value is -2.72. The molecule has 10 nitrogen and oxygen atoms in total. The highest BCUT2D eigenvalue weighted by molar-refractivity contribution is 5.99. The minimum absolute atomic E-state index is 0.0850. The summed E-state index contributed by atoms with van der Waals surface area (Å²) in [5.74, 6) is -3.25. The minimum atomic E-state index is -1.36. The second kappa shape index (κ2) is 10.8. The molecule has 0 aromatic rings. The van der Waals surface area contributed by atoms with Crippen molar-refractivity contribution in [3.63, 3.8) is 0 Å². The largest absolute Gasteiger partial charge is 0.460 e. The highest BCUT2D eigenvalue weighted by Crippen LogP contribution is 2.53. The van der Waals surface area contributed by atoms with Crippen molar-refractivity contribution < 1.29 is 33.8 Å². The van der Waals surface area contributed by atoms with Crippen LogP contribution in [0.15, 0.2) is 24.3 Å². The van der Waals surface area contributed by atoms with Crippen LogP contribution in [-0.2, 0) is 28.7 Å². The normalized spacial score (nSPS) is 38.2. The molecular weight excluding hydrogens is 490 g/mol. The summed E-state index contributed by atoms with van der Waals surface area (Å²) in [7, 11) is 0. The van der Waals surface area contributed by atoms with Gasteiger partial charge in [0.1, 0.15) is 23.7 Å². The lowest BCUT2D eigenvalue weighted by Gasteiger charge is -2.40. The van der Waals surface area contributed by atoms with Gasteiger partial charge in [-0.1, -0.05) is 43.6 Å². The van der Waals surface area contributed by atoms with Crippen LogP contribution < -0.4 is 5.32 Å². The van der Waals surface area contributed by atoms with Gasteiger partial charge in [0.25, 0.3) is 0 Å². The zero-order valence-corrected chi connectivity index (χ0v) is 22.2. The fraction of sp³-hybridized carbons (Fsp3) is 0.714. The van der Waals surface area contributed by atoms with Gasteiger partial charge in [0, 0.05) is 19.0 Å². The number of carbonyl (C=O) groups is 4. The number of fused-ring (bicyclic) bond motifs is 2. The van der Waals surface area contributed by atoms with E-state index < -0.39 is 47.7 Å². The second-order valence-corrected chi connectivity index (χ2v) is 11.3. The molecule has 38 heavy (non-hydrogen) atoms. The van der Waals surface area contributed by atoms with Gasteiger partial charge in [-0.3, -0.25) is 19.2 Å². The summed E-state index contributed by atoms with van der Waals surface area (Å²) in [6.45, 7) is 3.66. The Bertz CT molecular complexity index is 1020. The third-order valence-corrected chi connectivity index (χ3v) is 8.76. The van der Waals surface area contributed by atoms with E-state index in [4.69, 9.17) is 9.47 Å². The van der Waals surface area contributed by atoms with E-state index in [1.165, 1.54) is 4.90 Å². The van der Waals surface area contributed by atoms with Crippen molar-refractivity contribution in [3.05, 3.63) is 24.3 Å². The Morgan fingerprint density at radius 1 is 1.13 bits per heavy atom. The molecule has 5 rings (SSSR count). The Labute approximate surface area is 223 Å². The predicted octanol–water partition coefficient (Wildman–Crippen LogP) is 1.08. The molecule has 7 atom stereocenters.